The normalized spacial score (nSPS) is 18.5. The predicted octanol–water partition coefficient (Wildman–Crippen LogP) is 6.90. The summed E-state index contributed by atoms with van der Waals surface area (Å²) < 4.78 is 25.2. The van der Waals surface area contributed by atoms with Crippen LogP contribution < -0.4 is 9.47 Å². The second kappa shape index (κ2) is 11.2. The molecule has 4 aromatic carbocycles. The molecule has 0 saturated carbocycles. The third-order valence-electron chi connectivity index (χ3n) is 6.36. The minimum atomic E-state index is -0.751. The van der Waals surface area contributed by atoms with Gasteiger partial charge >= 0.3 is 0 Å². The van der Waals surface area contributed by atoms with Gasteiger partial charge in [0, 0.05) is 0 Å². The largest absolute Gasteiger partial charge is 0.485 e. The molecule has 1 fully saturated rings. The van der Waals surface area contributed by atoms with Crippen molar-refractivity contribution in [3.8, 4) is 11.5 Å². The van der Waals surface area contributed by atoms with Gasteiger partial charge in [-0.2, -0.15) is 0 Å². The maximum absolute atomic E-state index is 9.43. The summed E-state index contributed by atoms with van der Waals surface area (Å²) in [5.74, 6) is 0.573. The Balaban J connectivity index is 1.44. The number of hydrogen-bond acceptors (Lipinski definition) is 5. The van der Waals surface area contributed by atoms with Crippen molar-refractivity contribution in [3.05, 3.63) is 131 Å². The molecule has 5 heteroatoms. The lowest BCUT2D eigenvalue weighted by molar-refractivity contribution is -0.147. The van der Waals surface area contributed by atoms with Crippen LogP contribution in [0.15, 0.2) is 103 Å². The summed E-state index contributed by atoms with van der Waals surface area (Å²) in [7, 11) is 0. The molecule has 5 rings (SSSR count). The number of rotatable bonds is 9. The van der Waals surface area contributed by atoms with Crippen molar-refractivity contribution in [1.82, 2.24) is 0 Å². The molecule has 1 heterocycles. The molecule has 0 amide bonds. The minimum absolute atomic E-state index is 0.00375. The van der Waals surface area contributed by atoms with Crippen LogP contribution in [0.3, 0.4) is 0 Å². The Hall–Kier alpha value is -3.64. The van der Waals surface area contributed by atoms with Gasteiger partial charge in [0.25, 0.3) is 0 Å². The molecular formula is C32H32O5. The Labute approximate surface area is 218 Å². The van der Waals surface area contributed by atoms with Crippen molar-refractivity contribution in [2.75, 3.05) is 0 Å². The molecular weight excluding hydrogens is 464 g/mol. The molecule has 0 radical (unpaired) electrons. The molecule has 0 bridgehead atoms. The van der Waals surface area contributed by atoms with E-state index >= 15 is 0 Å². The van der Waals surface area contributed by atoms with Crippen molar-refractivity contribution in [2.45, 2.75) is 51.7 Å². The van der Waals surface area contributed by atoms with E-state index in [-0.39, 0.29) is 18.8 Å². The predicted molar refractivity (Wildman–Crippen MR) is 142 cm³/mol. The Bertz CT molecular complexity index is 1290. The van der Waals surface area contributed by atoms with Gasteiger partial charge in [0.2, 0.25) is 0 Å². The van der Waals surface area contributed by atoms with Crippen LogP contribution in [-0.2, 0) is 29.3 Å². The van der Waals surface area contributed by atoms with Crippen LogP contribution in [0.25, 0.3) is 0 Å². The average molecular weight is 497 g/mol. The van der Waals surface area contributed by atoms with E-state index < -0.39 is 5.79 Å². The van der Waals surface area contributed by atoms with E-state index in [1.807, 2.05) is 117 Å². The molecule has 1 saturated heterocycles. The van der Waals surface area contributed by atoms with E-state index in [1.54, 1.807) is 0 Å². The zero-order valence-electron chi connectivity index (χ0n) is 21.2. The van der Waals surface area contributed by atoms with E-state index in [9.17, 15) is 5.11 Å². The van der Waals surface area contributed by atoms with Gasteiger partial charge in [-0.1, -0.05) is 91.0 Å². The van der Waals surface area contributed by atoms with Crippen LogP contribution in [0.4, 0.5) is 0 Å². The van der Waals surface area contributed by atoms with Crippen LogP contribution in [0, 0.1) is 0 Å². The molecule has 5 nitrogen and oxygen atoms in total. The average Bonchev–Trinajstić information content (AvgIpc) is 3.27. The van der Waals surface area contributed by atoms with Crippen LogP contribution in [0.5, 0.6) is 11.5 Å². The molecule has 190 valence electrons. The topological polar surface area (TPSA) is 57.2 Å². The monoisotopic (exact) mass is 496 g/mol. The first-order valence-corrected chi connectivity index (χ1v) is 12.5. The summed E-state index contributed by atoms with van der Waals surface area (Å²) in [4.78, 5) is 0. The van der Waals surface area contributed by atoms with Gasteiger partial charge in [-0.15, -0.1) is 0 Å². The third-order valence-corrected chi connectivity index (χ3v) is 6.36. The van der Waals surface area contributed by atoms with Gasteiger partial charge in [0.1, 0.15) is 25.4 Å². The van der Waals surface area contributed by atoms with E-state index in [2.05, 4.69) is 0 Å². The Morgan fingerprint density at radius 2 is 1.14 bits per heavy atom. The summed E-state index contributed by atoms with van der Waals surface area (Å²) in [6.07, 6.45) is -0.641. The first kappa shape index (κ1) is 25.0. The number of aliphatic hydroxyl groups is 1. The molecule has 1 aliphatic rings. The Kier molecular flexibility index (Phi) is 7.56. The number of benzene rings is 4. The standard InChI is InChI=1S/C32H32O5/c1-32(2)36-30(26-15-13-23(20-33)14-16-26)31(37-32)27-17-18-28(34-21-24-9-5-3-6-10-24)29(19-27)35-22-25-11-7-4-8-12-25/h3-19,30-31,33H,20-22H2,1-2H3/t30-,31-/m1/s1. The second-order valence-electron chi connectivity index (χ2n) is 9.63. The quantitative estimate of drug-likeness (QED) is 0.273. The highest BCUT2D eigenvalue weighted by Crippen LogP contribution is 2.48. The van der Waals surface area contributed by atoms with Crippen LogP contribution in [0.2, 0.25) is 0 Å². The Morgan fingerprint density at radius 1 is 0.622 bits per heavy atom. The maximum atomic E-state index is 9.43. The van der Waals surface area contributed by atoms with Gasteiger partial charge in [0.05, 0.1) is 6.61 Å². The first-order valence-electron chi connectivity index (χ1n) is 12.5. The van der Waals surface area contributed by atoms with Crippen molar-refractivity contribution in [1.29, 1.82) is 0 Å². The maximum Gasteiger partial charge on any atom is 0.164 e. The first-order chi connectivity index (χ1) is 18.0. The molecule has 0 aliphatic carbocycles. The van der Waals surface area contributed by atoms with Gasteiger partial charge in [0.15, 0.2) is 17.3 Å². The molecule has 1 N–H and O–H groups in total. The van der Waals surface area contributed by atoms with Crippen molar-refractivity contribution in [3.63, 3.8) is 0 Å². The second-order valence-corrected chi connectivity index (χ2v) is 9.63. The van der Waals surface area contributed by atoms with E-state index in [0.717, 1.165) is 27.8 Å². The molecule has 1 aliphatic heterocycles. The van der Waals surface area contributed by atoms with Crippen LogP contribution in [-0.4, -0.2) is 10.9 Å². The van der Waals surface area contributed by atoms with Gasteiger partial charge in [-0.25, -0.2) is 0 Å². The smallest absolute Gasteiger partial charge is 0.164 e. The fourth-order valence-corrected chi connectivity index (χ4v) is 4.47. The number of ether oxygens (including phenoxy) is 4. The molecule has 0 aromatic heterocycles. The highest BCUT2D eigenvalue weighted by molar-refractivity contribution is 5.45. The van der Waals surface area contributed by atoms with Gasteiger partial charge in [-0.3, -0.25) is 0 Å². The summed E-state index contributed by atoms with van der Waals surface area (Å²) in [6.45, 7) is 4.71. The highest BCUT2D eigenvalue weighted by atomic mass is 16.8. The number of hydrogen-bond donors (Lipinski definition) is 1. The lowest BCUT2D eigenvalue weighted by atomic mass is 9.97. The molecule has 0 unspecified atom stereocenters. The zero-order valence-corrected chi connectivity index (χ0v) is 21.2. The highest BCUT2D eigenvalue weighted by Gasteiger charge is 2.43. The lowest BCUT2D eigenvalue weighted by Crippen LogP contribution is -2.20. The third kappa shape index (κ3) is 6.20. The molecule has 37 heavy (non-hydrogen) atoms. The fraction of sp³-hybridized carbons (Fsp3) is 0.250. The number of aliphatic hydroxyl groups excluding tert-OH is 1. The summed E-state index contributed by atoms with van der Waals surface area (Å²) in [5, 5.41) is 9.43. The molecule has 4 aromatic rings. The summed E-state index contributed by atoms with van der Waals surface area (Å²) >= 11 is 0. The SMILES string of the molecule is CC1(C)O[C@H](c2ccc(CO)cc2)[C@@H](c2ccc(OCc3ccccc3)c(OCc3ccccc3)c2)O1. The minimum Gasteiger partial charge on any atom is -0.485 e. The molecule has 2 atom stereocenters. The van der Waals surface area contributed by atoms with Crippen LogP contribution >= 0.6 is 0 Å². The van der Waals surface area contributed by atoms with Crippen LogP contribution in [0.1, 0.15) is 53.9 Å². The van der Waals surface area contributed by atoms with E-state index in [4.69, 9.17) is 18.9 Å². The summed E-state index contributed by atoms with van der Waals surface area (Å²) in [6, 6.07) is 33.9. The van der Waals surface area contributed by atoms with Crippen molar-refractivity contribution < 1.29 is 24.1 Å². The van der Waals surface area contributed by atoms with Crippen molar-refractivity contribution in [2.24, 2.45) is 0 Å². The molecule has 0 spiro atoms. The summed E-state index contributed by atoms with van der Waals surface area (Å²) in [5.41, 5.74) is 4.95. The van der Waals surface area contributed by atoms with E-state index in [1.165, 1.54) is 0 Å². The zero-order chi connectivity index (χ0) is 25.7. The van der Waals surface area contributed by atoms with E-state index in [0.29, 0.717) is 24.7 Å². The Morgan fingerprint density at radius 3 is 1.70 bits per heavy atom. The fourth-order valence-electron chi connectivity index (χ4n) is 4.47. The van der Waals surface area contributed by atoms with Crippen molar-refractivity contribution >= 4 is 0 Å². The van der Waals surface area contributed by atoms with Gasteiger partial charge < -0.3 is 24.1 Å². The van der Waals surface area contributed by atoms with Gasteiger partial charge in [-0.05, 0) is 53.8 Å². The lowest BCUT2D eigenvalue weighted by Gasteiger charge is -2.20.